The third kappa shape index (κ3) is 2.74. The van der Waals surface area contributed by atoms with Gasteiger partial charge in [-0.25, -0.2) is 9.38 Å². The SMILES string of the molecule is NC(=NC1COc2ccc(F)cc21)Nc1ccc2c(c1)CCC2. The molecule has 0 spiro atoms. The van der Waals surface area contributed by atoms with Gasteiger partial charge in [0, 0.05) is 11.3 Å². The smallest absolute Gasteiger partial charge is 0.193 e. The Balaban J connectivity index is 1.53. The second-order valence-electron chi connectivity index (χ2n) is 5.99. The third-order valence-electron chi connectivity index (χ3n) is 4.39. The van der Waals surface area contributed by atoms with Crippen LogP contribution in [0.1, 0.15) is 29.2 Å². The fourth-order valence-electron chi connectivity index (χ4n) is 3.27. The van der Waals surface area contributed by atoms with Crippen LogP contribution in [0.2, 0.25) is 0 Å². The predicted molar refractivity (Wildman–Crippen MR) is 88.3 cm³/mol. The first-order valence-electron chi connectivity index (χ1n) is 7.83. The van der Waals surface area contributed by atoms with Crippen molar-refractivity contribution in [1.82, 2.24) is 0 Å². The summed E-state index contributed by atoms with van der Waals surface area (Å²) < 4.78 is 18.9. The zero-order valence-electron chi connectivity index (χ0n) is 12.7. The third-order valence-corrected chi connectivity index (χ3v) is 4.39. The summed E-state index contributed by atoms with van der Waals surface area (Å²) in [6.45, 7) is 0.380. The summed E-state index contributed by atoms with van der Waals surface area (Å²) in [6.07, 6.45) is 3.48. The summed E-state index contributed by atoms with van der Waals surface area (Å²) in [6, 6.07) is 10.5. The molecule has 1 aliphatic carbocycles. The van der Waals surface area contributed by atoms with Crippen LogP contribution in [0.4, 0.5) is 10.1 Å². The molecule has 0 saturated carbocycles. The zero-order valence-corrected chi connectivity index (χ0v) is 12.7. The minimum Gasteiger partial charge on any atom is -0.491 e. The van der Waals surface area contributed by atoms with Crippen LogP contribution in [0.25, 0.3) is 0 Å². The lowest BCUT2D eigenvalue weighted by molar-refractivity contribution is 0.334. The Hall–Kier alpha value is -2.56. The molecule has 5 heteroatoms. The van der Waals surface area contributed by atoms with Crippen LogP contribution in [0.5, 0.6) is 5.75 Å². The number of hydrogen-bond acceptors (Lipinski definition) is 2. The Labute approximate surface area is 134 Å². The lowest BCUT2D eigenvalue weighted by Gasteiger charge is -2.10. The molecule has 1 atom stereocenters. The van der Waals surface area contributed by atoms with Crippen molar-refractivity contribution in [2.24, 2.45) is 10.7 Å². The molecule has 4 rings (SSSR count). The van der Waals surface area contributed by atoms with Crippen molar-refractivity contribution in [2.75, 3.05) is 11.9 Å². The average molecular weight is 311 g/mol. The molecule has 1 aliphatic heterocycles. The van der Waals surface area contributed by atoms with Crippen LogP contribution < -0.4 is 15.8 Å². The minimum absolute atomic E-state index is 0.275. The maximum atomic E-state index is 13.4. The van der Waals surface area contributed by atoms with Gasteiger partial charge in [0.05, 0.1) is 0 Å². The van der Waals surface area contributed by atoms with Gasteiger partial charge in [-0.1, -0.05) is 6.07 Å². The van der Waals surface area contributed by atoms with E-state index in [0.29, 0.717) is 18.3 Å². The van der Waals surface area contributed by atoms with E-state index in [2.05, 4.69) is 22.4 Å². The van der Waals surface area contributed by atoms with Crippen LogP contribution in [-0.2, 0) is 12.8 Å². The molecule has 0 aromatic heterocycles. The standard InChI is InChI=1S/C18H18FN3O/c19-13-5-7-17-15(9-13)16(10-23-17)22-18(20)21-14-6-4-11-2-1-3-12(11)8-14/h4-9,16H,1-3,10H2,(H3,20,21,22). The van der Waals surface area contributed by atoms with Crippen molar-refractivity contribution in [2.45, 2.75) is 25.3 Å². The van der Waals surface area contributed by atoms with E-state index >= 15 is 0 Å². The summed E-state index contributed by atoms with van der Waals surface area (Å²) in [4.78, 5) is 4.44. The molecule has 23 heavy (non-hydrogen) atoms. The molecule has 3 N–H and O–H groups in total. The summed E-state index contributed by atoms with van der Waals surface area (Å²) >= 11 is 0. The maximum absolute atomic E-state index is 13.4. The number of ether oxygens (including phenoxy) is 1. The van der Waals surface area contributed by atoms with Gasteiger partial charge in [0.15, 0.2) is 5.96 Å². The molecule has 1 unspecified atom stereocenters. The zero-order chi connectivity index (χ0) is 15.8. The van der Waals surface area contributed by atoms with Crippen molar-refractivity contribution >= 4 is 11.6 Å². The lowest BCUT2D eigenvalue weighted by Crippen LogP contribution is -2.24. The van der Waals surface area contributed by atoms with Gasteiger partial charge in [0.25, 0.3) is 0 Å². The number of nitrogens with two attached hydrogens (primary N) is 1. The largest absolute Gasteiger partial charge is 0.491 e. The van der Waals surface area contributed by atoms with E-state index in [1.54, 1.807) is 6.07 Å². The highest BCUT2D eigenvalue weighted by atomic mass is 19.1. The monoisotopic (exact) mass is 311 g/mol. The first kappa shape index (κ1) is 14.1. The summed E-state index contributed by atoms with van der Waals surface area (Å²) in [5.74, 6) is 0.693. The van der Waals surface area contributed by atoms with Crippen LogP contribution in [0.15, 0.2) is 41.4 Å². The quantitative estimate of drug-likeness (QED) is 0.661. The molecule has 0 radical (unpaired) electrons. The first-order valence-corrected chi connectivity index (χ1v) is 7.83. The normalized spacial score (nSPS) is 19.2. The molecular weight excluding hydrogens is 293 g/mol. The number of halogens is 1. The summed E-state index contributed by atoms with van der Waals surface area (Å²) in [5.41, 5.74) is 10.5. The number of nitrogens with zero attached hydrogens (tertiary/aromatic N) is 1. The van der Waals surface area contributed by atoms with Crippen molar-refractivity contribution in [3.63, 3.8) is 0 Å². The molecule has 1 heterocycles. The number of nitrogens with one attached hydrogen (secondary N) is 1. The first-order chi connectivity index (χ1) is 11.2. The molecule has 0 amide bonds. The molecule has 0 saturated heterocycles. The van der Waals surface area contributed by atoms with Crippen molar-refractivity contribution in [3.05, 3.63) is 58.9 Å². The van der Waals surface area contributed by atoms with E-state index in [4.69, 9.17) is 10.5 Å². The van der Waals surface area contributed by atoms with E-state index in [1.807, 2.05) is 6.07 Å². The molecule has 4 nitrogen and oxygen atoms in total. The maximum Gasteiger partial charge on any atom is 0.193 e. The number of hydrogen-bond donors (Lipinski definition) is 2. The number of anilines is 1. The van der Waals surface area contributed by atoms with E-state index < -0.39 is 0 Å². The molecule has 118 valence electrons. The van der Waals surface area contributed by atoms with Gasteiger partial charge in [-0.2, -0.15) is 0 Å². The molecule has 2 aromatic carbocycles. The van der Waals surface area contributed by atoms with Crippen LogP contribution in [0.3, 0.4) is 0 Å². The second-order valence-corrected chi connectivity index (χ2v) is 5.99. The van der Waals surface area contributed by atoms with Crippen LogP contribution >= 0.6 is 0 Å². The average Bonchev–Trinajstić information content (AvgIpc) is 3.14. The van der Waals surface area contributed by atoms with E-state index in [1.165, 1.54) is 29.7 Å². The fraction of sp³-hybridized carbons (Fsp3) is 0.278. The van der Waals surface area contributed by atoms with E-state index in [9.17, 15) is 4.39 Å². The molecule has 2 aliphatic rings. The van der Waals surface area contributed by atoms with Crippen LogP contribution in [-0.4, -0.2) is 12.6 Å². The van der Waals surface area contributed by atoms with E-state index in [-0.39, 0.29) is 11.9 Å². The van der Waals surface area contributed by atoms with Crippen molar-refractivity contribution in [3.8, 4) is 5.75 Å². The Morgan fingerprint density at radius 3 is 2.96 bits per heavy atom. The summed E-state index contributed by atoms with van der Waals surface area (Å²) in [5, 5.41) is 3.12. The highest BCUT2D eigenvalue weighted by molar-refractivity contribution is 5.92. The number of rotatable bonds is 2. The van der Waals surface area contributed by atoms with Crippen LogP contribution in [0, 0.1) is 5.82 Å². The highest BCUT2D eigenvalue weighted by Gasteiger charge is 2.24. The molecule has 0 bridgehead atoms. The van der Waals surface area contributed by atoms with Gasteiger partial charge in [0.2, 0.25) is 0 Å². The van der Waals surface area contributed by atoms with Gasteiger partial charge in [0.1, 0.15) is 24.2 Å². The summed E-state index contributed by atoms with van der Waals surface area (Å²) in [7, 11) is 0. The minimum atomic E-state index is -0.292. The van der Waals surface area contributed by atoms with Gasteiger partial charge >= 0.3 is 0 Å². The van der Waals surface area contributed by atoms with Gasteiger partial charge in [-0.15, -0.1) is 0 Å². The number of benzene rings is 2. The molecule has 2 aromatic rings. The van der Waals surface area contributed by atoms with Gasteiger partial charge in [-0.3, -0.25) is 0 Å². The Morgan fingerprint density at radius 1 is 1.17 bits per heavy atom. The topological polar surface area (TPSA) is 59.6 Å². The van der Waals surface area contributed by atoms with Crippen molar-refractivity contribution in [1.29, 1.82) is 0 Å². The Morgan fingerprint density at radius 2 is 2.04 bits per heavy atom. The Kier molecular flexibility index (Phi) is 3.41. The number of fused-ring (bicyclic) bond motifs is 2. The molecular formula is C18H18FN3O. The highest BCUT2D eigenvalue weighted by Crippen LogP contribution is 2.35. The van der Waals surface area contributed by atoms with Crippen molar-refractivity contribution < 1.29 is 9.13 Å². The second kappa shape index (κ2) is 5.57. The van der Waals surface area contributed by atoms with Gasteiger partial charge < -0.3 is 15.8 Å². The Bertz CT molecular complexity index is 788. The van der Waals surface area contributed by atoms with E-state index in [0.717, 1.165) is 24.1 Å². The molecule has 0 fully saturated rings. The number of aryl methyl sites for hydroxylation is 2. The lowest BCUT2D eigenvalue weighted by atomic mass is 10.1. The number of guanidine groups is 1. The predicted octanol–water partition coefficient (Wildman–Crippen LogP) is 3.17. The number of aliphatic imine (C=N–C) groups is 1. The van der Waals surface area contributed by atoms with Gasteiger partial charge in [-0.05, 0) is 60.7 Å². The fourth-order valence-corrected chi connectivity index (χ4v) is 3.27.